The highest BCUT2D eigenvalue weighted by Gasteiger charge is 2.47. The lowest BCUT2D eigenvalue weighted by molar-refractivity contribution is -0.140. The van der Waals surface area contributed by atoms with Crippen LogP contribution in [0, 0.1) is 20.8 Å². The predicted octanol–water partition coefficient (Wildman–Crippen LogP) is 5.36. The van der Waals surface area contributed by atoms with E-state index in [1.54, 1.807) is 22.3 Å². The second-order valence-corrected chi connectivity index (χ2v) is 9.25. The Kier molecular flexibility index (Phi) is 5.15. The van der Waals surface area contributed by atoms with Gasteiger partial charge in [0.05, 0.1) is 12.1 Å². The van der Waals surface area contributed by atoms with Gasteiger partial charge >= 0.3 is 0 Å². The maximum Gasteiger partial charge on any atom is 0.296 e. The summed E-state index contributed by atoms with van der Waals surface area (Å²) in [4.78, 5) is 29.5. The van der Waals surface area contributed by atoms with E-state index in [1.807, 2.05) is 61.9 Å². The molecule has 1 fully saturated rings. The first-order valence-corrected chi connectivity index (χ1v) is 11.1. The summed E-state index contributed by atoms with van der Waals surface area (Å²) in [7, 11) is 0. The number of nitrogens with zero attached hydrogens (tertiary/aromatic N) is 1. The highest BCUT2D eigenvalue weighted by atomic mass is 32.1. The number of hydrogen-bond acceptors (Lipinski definition) is 5. The van der Waals surface area contributed by atoms with Crippen LogP contribution < -0.4 is 0 Å². The Hall–Kier alpha value is -2.70. The first kappa shape index (κ1) is 19.6. The molecule has 3 aromatic rings. The van der Waals surface area contributed by atoms with Crippen molar-refractivity contribution in [3.05, 3.63) is 84.7 Å². The van der Waals surface area contributed by atoms with Crippen molar-refractivity contribution >= 4 is 40.1 Å². The van der Waals surface area contributed by atoms with E-state index in [-0.39, 0.29) is 11.3 Å². The number of aliphatic hydroxyl groups is 1. The van der Waals surface area contributed by atoms with Gasteiger partial charge in [-0.3, -0.25) is 9.59 Å². The maximum absolute atomic E-state index is 13.0. The summed E-state index contributed by atoms with van der Waals surface area (Å²) in [6.07, 6.45) is 0. The molecule has 3 heterocycles. The summed E-state index contributed by atoms with van der Waals surface area (Å²) in [5, 5.41) is 15.0. The number of ketones is 1. The second-order valence-electron chi connectivity index (χ2n) is 7.27. The van der Waals surface area contributed by atoms with Crippen LogP contribution in [-0.2, 0) is 16.1 Å². The van der Waals surface area contributed by atoms with Gasteiger partial charge in [0.1, 0.15) is 11.8 Å². The number of thiophene rings is 2. The second kappa shape index (κ2) is 7.61. The minimum atomic E-state index is -0.630. The summed E-state index contributed by atoms with van der Waals surface area (Å²) < 4.78 is 0. The van der Waals surface area contributed by atoms with Gasteiger partial charge in [-0.25, -0.2) is 0 Å². The molecule has 0 bridgehead atoms. The Balaban J connectivity index is 1.88. The zero-order chi connectivity index (χ0) is 20.7. The Bertz CT molecular complexity index is 1120. The molecule has 2 aromatic heterocycles. The van der Waals surface area contributed by atoms with Gasteiger partial charge in [0.25, 0.3) is 11.7 Å². The molecular formula is C23H21NO3S2. The van der Waals surface area contributed by atoms with Crippen LogP contribution in [0.25, 0.3) is 5.76 Å². The van der Waals surface area contributed by atoms with Gasteiger partial charge < -0.3 is 10.0 Å². The van der Waals surface area contributed by atoms with Gasteiger partial charge in [0.2, 0.25) is 0 Å². The summed E-state index contributed by atoms with van der Waals surface area (Å²) in [5.74, 6) is -1.31. The molecule has 0 saturated carbocycles. The quantitative estimate of drug-likeness (QED) is 0.349. The van der Waals surface area contributed by atoms with E-state index >= 15 is 0 Å². The molecule has 148 valence electrons. The standard InChI is InChI=1S/C23H21NO3S2/c1-13-6-7-16(11-15(13)3)20(25)18-19(22-14(2)8-10-29-22)24(23(27)21(18)26)12-17-5-4-9-28-17/h4-11,19,25H,12H2,1-3H3/b20-18-. The van der Waals surface area contributed by atoms with Crippen LogP contribution in [0.4, 0.5) is 0 Å². The molecule has 1 aromatic carbocycles. The molecule has 6 heteroatoms. The highest BCUT2D eigenvalue weighted by Crippen LogP contribution is 2.43. The highest BCUT2D eigenvalue weighted by molar-refractivity contribution is 7.10. The van der Waals surface area contributed by atoms with Crippen molar-refractivity contribution in [2.45, 2.75) is 33.4 Å². The molecule has 1 atom stereocenters. The largest absolute Gasteiger partial charge is 0.507 e. The van der Waals surface area contributed by atoms with Crippen molar-refractivity contribution in [3.63, 3.8) is 0 Å². The third-order valence-electron chi connectivity index (χ3n) is 5.38. The van der Waals surface area contributed by atoms with E-state index in [2.05, 4.69) is 0 Å². The van der Waals surface area contributed by atoms with Crippen molar-refractivity contribution in [2.75, 3.05) is 0 Å². The van der Waals surface area contributed by atoms with E-state index in [1.165, 1.54) is 11.3 Å². The number of carbonyl (C=O) groups is 2. The average molecular weight is 424 g/mol. The monoisotopic (exact) mass is 423 g/mol. The number of rotatable bonds is 4. The van der Waals surface area contributed by atoms with E-state index in [9.17, 15) is 14.7 Å². The third kappa shape index (κ3) is 3.43. The summed E-state index contributed by atoms with van der Waals surface area (Å²) >= 11 is 3.05. The van der Waals surface area contributed by atoms with Crippen LogP contribution in [0.3, 0.4) is 0 Å². The fraction of sp³-hybridized carbons (Fsp3) is 0.217. The van der Waals surface area contributed by atoms with Crippen molar-refractivity contribution in [2.24, 2.45) is 0 Å². The Morgan fingerprint density at radius 1 is 1.00 bits per heavy atom. The molecule has 0 radical (unpaired) electrons. The number of likely N-dealkylation sites (tertiary alicyclic amines) is 1. The number of Topliss-reactive ketones (excluding diaryl/α,β-unsaturated/α-hetero) is 1. The summed E-state index contributed by atoms with van der Waals surface area (Å²) in [6, 6.07) is 10.8. The van der Waals surface area contributed by atoms with Crippen LogP contribution in [0.5, 0.6) is 0 Å². The molecule has 0 spiro atoms. The molecular weight excluding hydrogens is 402 g/mol. The van der Waals surface area contributed by atoms with Crippen molar-refractivity contribution in [1.29, 1.82) is 0 Å². The molecule has 0 aliphatic carbocycles. The molecule has 1 unspecified atom stereocenters. The van der Waals surface area contributed by atoms with Crippen LogP contribution >= 0.6 is 22.7 Å². The van der Waals surface area contributed by atoms with Gasteiger partial charge in [-0.15, -0.1) is 22.7 Å². The minimum absolute atomic E-state index is 0.113. The number of carbonyl (C=O) groups excluding carboxylic acids is 2. The normalized spacial score (nSPS) is 18.6. The Morgan fingerprint density at radius 3 is 2.41 bits per heavy atom. The molecule has 1 aliphatic rings. The predicted molar refractivity (Wildman–Crippen MR) is 117 cm³/mol. The van der Waals surface area contributed by atoms with Gasteiger partial charge in [-0.1, -0.05) is 18.2 Å². The molecule has 1 aliphatic heterocycles. The summed E-state index contributed by atoms with van der Waals surface area (Å²) in [6.45, 7) is 6.26. The number of aliphatic hydroxyl groups excluding tert-OH is 1. The van der Waals surface area contributed by atoms with Crippen LogP contribution in [0.1, 0.15) is 38.0 Å². The number of benzene rings is 1. The SMILES string of the molecule is Cc1ccc(/C(O)=C2/C(=O)C(=O)N(Cc3cccs3)C2c2sccc2C)cc1C. The number of hydrogen-bond donors (Lipinski definition) is 1. The number of aryl methyl sites for hydroxylation is 3. The lowest BCUT2D eigenvalue weighted by Gasteiger charge is -2.24. The topological polar surface area (TPSA) is 57.6 Å². The molecule has 1 N–H and O–H groups in total. The van der Waals surface area contributed by atoms with E-state index in [4.69, 9.17) is 0 Å². The van der Waals surface area contributed by atoms with Crippen molar-refractivity contribution < 1.29 is 14.7 Å². The zero-order valence-corrected chi connectivity index (χ0v) is 18.1. The first-order valence-electron chi connectivity index (χ1n) is 9.31. The van der Waals surface area contributed by atoms with Crippen LogP contribution in [0.15, 0.2) is 52.7 Å². The summed E-state index contributed by atoms with van der Waals surface area (Å²) in [5.41, 5.74) is 3.85. The first-order chi connectivity index (χ1) is 13.9. The fourth-order valence-corrected chi connectivity index (χ4v) is 5.34. The van der Waals surface area contributed by atoms with Gasteiger partial charge in [-0.2, -0.15) is 0 Å². The van der Waals surface area contributed by atoms with E-state index in [0.29, 0.717) is 12.1 Å². The minimum Gasteiger partial charge on any atom is -0.507 e. The molecule has 4 rings (SSSR count). The molecule has 4 nitrogen and oxygen atoms in total. The van der Waals surface area contributed by atoms with Crippen LogP contribution in [0.2, 0.25) is 0 Å². The number of amides is 1. The Morgan fingerprint density at radius 2 is 1.79 bits per heavy atom. The van der Waals surface area contributed by atoms with E-state index < -0.39 is 17.7 Å². The van der Waals surface area contributed by atoms with Crippen molar-refractivity contribution in [3.8, 4) is 0 Å². The van der Waals surface area contributed by atoms with Gasteiger partial charge in [0.15, 0.2) is 0 Å². The van der Waals surface area contributed by atoms with E-state index in [0.717, 1.165) is 26.4 Å². The van der Waals surface area contributed by atoms with Crippen LogP contribution in [-0.4, -0.2) is 21.7 Å². The lowest BCUT2D eigenvalue weighted by Crippen LogP contribution is -2.28. The third-order valence-corrected chi connectivity index (χ3v) is 7.31. The molecule has 1 amide bonds. The maximum atomic E-state index is 13.0. The molecule has 29 heavy (non-hydrogen) atoms. The van der Waals surface area contributed by atoms with Gasteiger partial charge in [-0.05, 0) is 66.4 Å². The Labute approximate surface area is 177 Å². The fourth-order valence-electron chi connectivity index (χ4n) is 3.59. The molecule has 1 saturated heterocycles. The smallest absolute Gasteiger partial charge is 0.296 e. The zero-order valence-electron chi connectivity index (χ0n) is 16.4. The van der Waals surface area contributed by atoms with Gasteiger partial charge in [0, 0.05) is 15.3 Å². The average Bonchev–Trinajstić information content (AvgIpc) is 3.41. The van der Waals surface area contributed by atoms with Crippen molar-refractivity contribution in [1.82, 2.24) is 4.90 Å². The lowest BCUT2D eigenvalue weighted by atomic mass is 9.96.